The molecule has 1 amide bonds. The van der Waals surface area contributed by atoms with Crippen molar-refractivity contribution in [1.29, 1.82) is 0 Å². The van der Waals surface area contributed by atoms with E-state index in [0.29, 0.717) is 25.0 Å². The minimum Gasteiger partial charge on any atom is -0.467 e. The number of esters is 1. The van der Waals surface area contributed by atoms with Crippen LogP contribution in [0.3, 0.4) is 0 Å². The van der Waals surface area contributed by atoms with Gasteiger partial charge in [-0.05, 0) is 48.6 Å². The largest absolute Gasteiger partial charge is 0.467 e. The van der Waals surface area contributed by atoms with Gasteiger partial charge in [-0.3, -0.25) is 4.79 Å². The molecule has 2 aromatic rings. The number of benzene rings is 2. The molecule has 0 saturated heterocycles. The van der Waals surface area contributed by atoms with Gasteiger partial charge in [-0.2, -0.15) is 26.3 Å². The number of methoxy groups -OCH3 is 1. The molecule has 0 aliphatic carbocycles. The third-order valence-corrected chi connectivity index (χ3v) is 4.63. The van der Waals surface area contributed by atoms with Gasteiger partial charge in [-0.1, -0.05) is 30.3 Å². The molecule has 0 heterocycles. The van der Waals surface area contributed by atoms with Crippen molar-refractivity contribution in [2.75, 3.05) is 7.11 Å². The van der Waals surface area contributed by atoms with Gasteiger partial charge in [0.15, 0.2) is 0 Å². The zero-order chi connectivity index (χ0) is 23.9. The Kier molecular flexibility index (Phi) is 8.29. The molecule has 4 nitrogen and oxygen atoms in total. The molecular weight excluding hydrogens is 440 g/mol. The zero-order valence-corrected chi connectivity index (χ0v) is 17.0. The number of rotatable bonds is 8. The van der Waals surface area contributed by atoms with E-state index in [1.807, 2.05) is 30.3 Å². The number of hydrogen-bond acceptors (Lipinski definition) is 3. The quantitative estimate of drug-likeness (QED) is 0.447. The molecule has 0 aliphatic heterocycles. The van der Waals surface area contributed by atoms with E-state index in [1.54, 1.807) is 0 Å². The van der Waals surface area contributed by atoms with Crippen LogP contribution in [-0.2, 0) is 39.5 Å². The Labute approximate surface area is 180 Å². The Hall–Kier alpha value is -3.04. The Balaban J connectivity index is 2.10. The maximum Gasteiger partial charge on any atom is 0.416 e. The third kappa shape index (κ3) is 7.58. The lowest BCUT2D eigenvalue weighted by Gasteiger charge is -2.18. The first-order valence-electron chi connectivity index (χ1n) is 9.59. The molecule has 32 heavy (non-hydrogen) atoms. The highest BCUT2D eigenvalue weighted by molar-refractivity contribution is 5.85. The Morgan fingerprint density at radius 3 is 1.97 bits per heavy atom. The summed E-state index contributed by atoms with van der Waals surface area (Å²) in [6, 6.07) is 9.19. The Morgan fingerprint density at radius 1 is 0.906 bits per heavy atom. The highest BCUT2D eigenvalue weighted by Gasteiger charge is 2.37. The summed E-state index contributed by atoms with van der Waals surface area (Å²) in [6.45, 7) is 0. The number of nitrogens with one attached hydrogen (secondary N) is 1. The summed E-state index contributed by atoms with van der Waals surface area (Å²) in [5, 5.41) is 2.34. The van der Waals surface area contributed by atoms with Crippen molar-refractivity contribution in [3.8, 4) is 0 Å². The molecule has 0 aromatic heterocycles. The van der Waals surface area contributed by atoms with E-state index >= 15 is 0 Å². The Morgan fingerprint density at radius 2 is 1.47 bits per heavy atom. The maximum atomic E-state index is 13.0. The monoisotopic (exact) mass is 461 g/mol. The fraction of sp³-hybridized carbons (Fsp3) is 0.364. The van der Waals surface area contributed by atoms with Gasteiger partial charge in [-0.25, -0.2) is 4.79 Å². The van der Waals surface area contributed by atoms with Gasteiger partial charge in [0, 0.05) is 0 Å². The second-order valence-corrected chi connectivity index (χ2v) is 7.11. The molecular formula is C22H21F6NO3. The van der Waals surface area contributed by atoms with Crippen LogP contribution in [0.5, 0.6) is 0 Å². The normalized spacial score (nSPS) is 12.8. The molecule has 0 radical (unpaired) electrons. The van der Waals surface area contributed by atoms with E-state index in [1.165, 1.54) is 0 Å². The average molecular weight is 461 g/mol. The first-order chi connectivity index (χ1) is 14.9. The molecule has 0 fully saturated rings. The van der Waals surface area contributed by atoms with Crippen LogP contribution in [0.2, 0.25) is 0 Å². The molecule has 174 valence electrons. The number of amides is 1. The fourth-order valence-corrected chi connectivity index (χ4v) is 3.10. The van der Waals surface area contributed by atoms with Crippen LogP contribution in [0.25, 0.3) is 0 Å². The molecule has 1 atom stereocenters. The first-order valence-corrected chi connectivity index (χ1v) is 9.59. The van der Waals surface area contributed by atoms with Crippen molar-refractivity contribution in [1.82, 2.24) is 5.32 Å². The van der Waals surface area contributed by atoms with Crippen LogP contribution < -0.4 is 5.32 Å². The summed E-state index contributed by atoms with van der Waals surface area (Å²) in [7, 11) is 1.11. The number of halogens is 6. The molecule has 0 saturated carbocycles. The first kappa shape index (κ1) is 25.2. The molecule has 10 heteroatoms. The van der Waals surface area contributed by atoms with Gasteiger partial charge in [0.1, 0.15) is 6.04 Å². The summed E-state index contributed by atoms with van der Waals surface area (Å²) >= 11 is 0. The number of alkyl halides is 6. The fourth-order valence-electron chi connectivity index (χ4n) is 3.10. The van der Waals surface area contributed by atoms with Crippen LogP contribution in [0, 0.1) is 0 Å². The second kappa shape index (κ2) is 10.5. The van der Waals surface area contributed by atoms with Gasteiger partial charge < -0.3 is 10.1 Å². The summed E-state index contributed by atoms with van der Waals surface area (Å²) in [5.74, 6) is -1.65. The lowest BCUT2D eigenvalue weighted by atomic mass is 10.0. The predicted molar refractivity (Wildman–Crippen MR) is 103 cm³/mol. The van der Waals surface area contributed by atoms with Crippen molar-refractivity contribution in [2.45, 2.75) is 44.1 Å². The molecule has 2 rings (SSSR count). The van der Waals surface area contributed by atoms with Crippen molar-refractivity contribution in [3.63, 3.8) is 0 Å². The van der Waals surface area contributed by atoms with Crippen LogP contribution in [0.4, 0.5) is 26.3 Å². The lowest BCUT2D eigenvalue weighted by Crippen LogP contribution is -2.42. The number of carbonyl (C=O) groups excluding carboxylic acids is 2. The summed E-state index contributed by atoms with van der Waals surface area (Å²) < 4.78 is 82.6. The van der Waals surface area contributed by atoms with E-state index < -0.39 is 53.4 Å². The van der Waals surface area contributed by atoms with E-state index in [2.05, 4.69) is 10.1 Å². The van der Waals surface area contributed by atoms with Crippen molar-refractivity contribution >= 4 is 11.9 Å². The average Bonchev–Trinajstić information content (AvgIpc) is 2.71. The van der Waals surface area contributed by atoms with Gasteiger partial charge in [0.25, 0.3) is 0 Å². The summed E-state index contributed by atoms with van der Waals surface area (Å²) in [5.41, 5.74) is -2.49. The van der Waals surface area contributed by atoms with Crippen LogP contribution in [0.15, 0.2) is 48.5 Å². The smallest absolute Gasteiger partial charge is 0.416 e. The second-order valence-electron chi connectivity index (χ2n) is 7.11. The van der Waals surface area contributed by atoms with Crippen molar-refractivity contribution in [3.05, 3.63) is 70.8 Å². The minimum absolute atomic E-state index is 0.0117. The standard InChI is InChI=1S/C22H21F6NO3/c1-32-20(31)18(9-5-8-14-6-3-2-4-7-14)29-19(30)12-15-10-16(21(23,24)25)13-17(11-15)22(26,27)28/h2-4,6-7,10-11,13,18H,5,8-9,12H2,1H3,(H,29,30)/t18-/m1/s1. The molecule has 2 aromatic carbocycles. The maximum absolute atomic E-state index is 13.0. The molecule has 0 spiro atoms. The predicted octanol–water partition coefficient (Wildman–Crippen LogP) is 4.95. The van der Waals surface area contributed by atoms with Crippen LogP contribution >= 0.6 is 0 Å². The SMILES string of the molecule is COC(=O)[C@@H](CCCc1ccccc1)NC(=O)Cc1cc(C(F)(F)F)cc(C(F)(F)F)c1. The summed E-state index contributed by atoms with van der Waals surface area (Å²) in [6.07, 6.45) is -9.52. The number of carbonyl (C=O) groups is 2. The number of ether oxygens (including phenoxy) is 1. The van der Waals surface area contributed by atoms with E-state index in [0.717, 1.165) is 12.7 Å². The van der Waals surface area contributed by atoms with E-state index in [4.69, 9.17) is 0 Å². The molecule has 0 aliphatic rings. The molecule has 0 bridgehead atoms. The van der Waals surface area contributed by atoms with Crippen LogP contribution in [0.1, 0.15) is 35.1 Å². The molecule has 0 unspecified atom stereocenters. The van der Waals surface area contributed by atoms with Crippen molar-refractivity contribution in [2.24, 2.45) is 0 Å². The number of aryl methyl sites for hydroxylation is 1. The molecule has 1 N–H and O–H groups in total. The highest BCUT2D eigenvalue weighted by atomic mass is 19.4. The third-order valence-electron chi connectivity index (χ3n) is 4.63. The van der Waals surface area contributed by atoms with E-state index in [-0.39, 0.29) is 12.5 Å². The van der Waals surface area contributed by atoms with Gasteiger partial charge in [-0.15, -0.1) is 0 Å². The number of hydrogen-bond donors (Lipinski definition) is 1. The van der Waals surface area contributed by atoms with Crippen molar-refractivity contribution < 1.29 is 40.7 Å². The van der Waals surface area contributed by atoms with Crippen LogP contribution in [-0.4, -0.2) is 25.0 Å². The lowest BCUT2D eigenvalue weighted by molar-refractivity contribution is -0.145. The van der Waals surface area contributed by atoms with Gasteiger partial charge in [0.2, 0.25) is 5.91 Å². The van der Waals surface area contributed by atoms with E-state index in [9.17, 15) is 35.9 Å². The minimum atomic E-state index is -5.02. The zero-order valence-electron chi connectivity index (χ0n) is 17.0. The Bertz CT molecular complexity index is 893. The highest BCUT2D eigenvalue weighted by Crippen LogP contribution is 2.36. The van der Waals surface area contributed by atoms with Gasteiger partial charge in [0.05, 0.1) is 24.7 Å². The van der Waals surface area contributed by atoms with Gasteiger partial charge >= 0.3 is 18.3 Å². The summed E-state index contributed by atoms with van der Waals surface area (Å²) in [4.78, 5) is 24.3. The topological polar surface area (TPSA) is 55.4 Å².